The minimum absolute atomic E-state index is 0.0243. The van der Waals surface area contributed by atoms with E-state index in [9.17, 15) is 14.4 Å². The van der Waals surface area contributed by atoms with Gasteiger partial charge in [0.15, 0.2) is 0 Å². The van der Waals surface area contributed by atoms with Crippen molar-refractivity contribution in [2.75, 3.05) is 18.0 Å². The van der Waals surface area contributed by atoms with E-state index in [1.165, 1.54) is 12.5 Å². The summed E-state index contributed by atoms with van der Waals surface area (Å²) in [5.74, 6) is 2.47. The molecule has 1 aliphatic heterocycles. The number of rotatable bonds is 8. The Morgan fingerprint density at radius 3 is 2.49 bits per heavy atom. The molecule has 45 heavy (non-hydrogen) atoms. The van der Waals surface area contributed by atoms with Gasteiger partial charge in [0.05, 0.1) is 27.3 Å². The number of benzene rings is 2. The molecule has 2 saturated carbocycles. The third-order valence-corrected chi connectivity index (χ3v) is 10.7. The third-order valence-electron chi connectivity index (χ3n) is 9.89. The quantitative estimate of drug-likeness (QED) is 0.209. The Kier molecular flexibility index (Phi) is 7.90. The number of aryl methyl sites for hydroxylation is 1. The number of fused-ring (bicyclic) bond motifs is 2. The van der Waals surface area contributed by atoms with Crippen LogP contribution in [0, 0.1) is 17.8 Å². The fourth-order valence-corrected chi connectivity index (χ4v) is 7.54. The highest BCUT2D eigenvalue weighted by Crippen LogP contribution is 2.47. The molecule has 2 unspecified atom stereocenters. The number of hydrogen-bond donors (Lipinski definition) is 4. The lowest BCUT2D eigenvalue weighted by molar-refractivity contribution is 0.0921. The number of aromatic amines is 2. The molecule has 0 radical (unpaired) electrons. The largest absolute Gasteiger partial charge is 0.370 e. The van der Waals surface area contributed by atoms with Gasteiger partial charge >= 0.3 is 0 Å². The summed E-state index contributed by atoms with van der Waals surface area (Å²) in [6, 6.07) is 8.99. The molecule has 12 heteroatoms. The van der Waals surface area contributed by atoms with Gasteiger partial charge in [0.25, 0.3) is 17.4 Å². The SMILES string of the molecule is CC1CCC(NC(=O)c2cc3nc(Cc4c(Cl)ccc(CNC(=O)c5cc(=O)[nH][nH]5)c4Cl)n(C)c3cc2N2CC3CC3C2)CC1. The second-order valence-electron chi connectivity index (χ2n) is 13.1. The van der Waals surface area contributed by atoms with E-state index in [1.54, 1.807) is 12.1 Å². The minimum atomic E-state index is -0.430. The van der Waals surface area contributed by atoms with Crippen molar-refractivity contribution in [1.29, 1.82) is 0 Å². The minimum Gasteiger partial charge on any atom is -0.370 e. The lowest BCUT2D eigenvalue weighted by Gasteiger charge is -2.28. The maximum atomic E-state index is 13.8. The Hall–Kier alpha value is -3.76. The number of H-pyrrole nitrogens is 2. The third kappa shape index (κ3) is 5.97. The Labute approximate surface area is 270 Å². The van der Waals surface area contributed by atoms with Crippen LogP contribution in [-0.4, -0.2) is 50.7 Å². The summed E-state index contributed by atoms with van der Waals surface area (Å²) in [6.45, 7) is 4.40. The van der Waals surface area contributed by atoms with Crippen molar-refractivity contribution in [2.45, 2.75) is 58.0 Å². The van der Waals surface area contributed by atoms with E-state index in [0.29, 0.717) is 39.1 Å². The van der Waals surface area contributed by atoms with Crippen molar-refractivity contribution in [3.8, 4) is 0 Å². The molecular weight excluding hydrogens is 613 g/mol. The summed E-state index contributed by atoms with van der Waals surface area (Å²) < 4.78 is 2.04. The van der Waals surface area contributed by atoms with Gasteiger partial charge in [-0.2, -0.15) is 0 Å². The maximum absolute atomic E-state index is 13.8. The van der Waals surface area contributed by atoms with Gasteiger partial charge in [0, 0.05) is 50.2 Å². The zero-order valence-electron chi connectivity index (χ0n) is 25.4. The first-order valence-electron chi connectivity index (χ1n) is 15.7. The smallest absolute Gasteiger partial charge is 0.269 e. The number of halogens is 2. The molecule has 4 aromatic rings. The molecular formula is C33H37Cl2N7O3. The molecule has 3 fully saturated rings. The fraction of sp³-hybridized carbons (Fsp3) is 0.455. The van der Waals surface area contributed by atoms with Gasteiger partial charge in [-0.15, -0.1) is 0 Å². The Morgan fingerprint density at radius 2 is 1.78 bits per heavy atom. The molecule has 4 N–H and O–H groups in total. The predicted octanol–water partition coefficient (Wildman–Crippen LogP) is 5.18. The van der Waals surface area contributed by atoms with Crippen molar-refractivity contribution in [1.82, 2.24) is 30.4 Å². The highest BCUT2D eigenvalue weighted by atomic mass is 35.5. The summed E-state index contributed by atoms with van der Waals surface area (Å²) in [5, 5.41) is 11.9. The second-order valence-corrected chi connectivity index (χ2v) is 13.9. The molecule has 7 rings (SSSR count). The number of imidazole rings is 1. The van der Waals surface area contributed by atoms with E-state index in [1.807, 2.05) is 17.7 Å². The molecule has 1 saturated heterocycles. The highest BCUT2D eigenvalue weighted by Gasteiger charge is 2.46. The van der Waals surface area contributed by atoms with Crippen molar-refractivity contribution in [2.24, 2.45) is 24.8 Å². The van der Waals surface area contributed by atoms with E-state index in [4.69, 9.17) is 28.2 Å². The molecule has 0 bridgehead atoms. The average molecular weight is 651 g/mol. The van der Waals surface area contributed by atoms with Crippen LogP contribution < -0.4 is 21.1 Å². The summed E-state index contributed by atoms with van der Waals surface area (Å²) in [6.07, 6.45) is 5.96. The van der Waals surface area contributed by atoms with Crippen LogP contribution in [0.2, 0.25) is 10.0 Å². The van der Waals surface area contributed by atoms with Crippen LogP contribution in [0.5, 0.6) is 0 Å². The molecule has 0 spiro atoms. The lowest BCUT2D eigenvalue weighted by atomic mass is 9.87. The first kappa shape index (κ1) is 29.9. The average Bonchev–Trinajstić information content (AvgIpc) is 3.30. The molecule has 2 aliphatic carbocycles. The zero-order chi connectivity index (χ0) is 31.4. The number of carbonyl (C=O) groups excluding carboxylic acids is 2. The van der Waals surface area contributed by atoms with E-state index < -0.39 is 5.91 Å². The molecule has 2 aromatic carbocycles. The van der Waals surface area contributed by atoms with E-state index in [0.717, 1.165) is 73.2 Å². The van der Waals surface area contributed by atoms with Crippen molar-refractivity contribution >= 4 is 51.7 Å². The van der Waals surface area contributed by atoms with Gasteiger partial charge in [0.2, 0.25) is 0 Å². The number of amides is 2. The maximum Gasteiger partial charge on any atom is 0.269 e. The molecule has 2 atom stereocenters. The highest BCUT2D eigenvalue weighted by molar-refractivity contribution is 6.36. The lowest BCUT2D eigenvalue weighted by Crippen LogP contribution is -2.38. The van der Waals surface area contributed by atoms with E-state index in [2.05, 4.69) is 38.7 Å². The van der Waals surface area contributed by atoms with Crippen molar-refractivity contribution in [3.63, 3.8) is 0 Å². The van der Waals surface area contributed by atoms with Crippen LogP contribution in [-0.2, 0) is 20.0 Å². The van der Waals surface area contributed by atoms with Crippen LogP contribution in [0.4, 0.5) is 5.69 Å². The Bertz CT molecular complexity index is 1840. The number of hydrogen-bond acceptors (Lipinski definition) is 5. The number of anilines is 1. The van der Waals surface area contributed by atoms with Crippen molar-refractivity contribution in [3.05, 3.63) is 78.9 Å². The van der Waals surface area contributed by atoms with Gasteiger partial charge in [-0.3, -0.25) is 24.6 Å². The summed E-state index contributed by atoms with van der Waals surface area (Å²) in [4.78, 5) is 44.9. The number of piperidine rings is 1. The second kappa shape index (κ2) is 11.9. The van der Waals surface area contributed by atoms with Crippen LogP contribution >= 0.6 is 23.2 Å². The number of aromatic nitrogens is 4. The predicted molar refractivity (Wildman–Crippen MR) is 175 cm³/mol. The fourth-order valence-electron chi connectivity index (χ4n) is 6.97. The van der Waals surface area contributed by atoms with Crippen LogP contribution in [0.3, 0.4) is 0 Å². The van der Waals surface area contributed by atoms with E-state index >= 15 is 0 Å². The summed E-state index contributed by atoms with van der Waals surface area (Å²) in [5.41, 5.74) is 4.49. The number of nitrogens with zero attached hydrogens (tertiary/aromatic N) is 3. The normalized spacial score (nSPS) is 22.4. The standard InChI is InChI=1S/C33H37Cl2N7O3/c1-17-3-6-21(7-4-17)37-32(44)23-10-25-28(13-27(23)42-15-19-9-20(19)16-42)41(2)29(38-25)11-22-24(34)8-5-18(31(22)35)14-36-33(45)26-12-30(43)40-39-26/h5,8,10,12-13,17,19-21H,3-4,6-7,9,11,14-16H2,1-2H3,(H,36,45)(H,37,44)(H2,39,40,43). The first-order valence-corrected chi connectivity index (χ1v) is 16.5. The Balaban J connectivity index is 1.16. The van der Waals surface area contributed by atoms with Crippen LogP contribution in [0.15, 0.2) is 35.1 Å². The van der Waals surface area contributed by atoms with Gasteiger partial charge in [-0.25, -0.2) is 4.98 Å². The molecule has 2 aromatic heterocycles. The number of nitrogens with one attached hydrogen (secondary N) is 4. The molecule has 10 nitrogen and oxygen atoms in total. The zero-order valence-corrected chi connectivity index (χ0v) is 26.9. The summed E-state index contributed by atoms with van der Waals surface area (Å²) in [7, 11) is 1.97. The van der Waals surface area contributed by atoms with Gasteiger partial charge in [-0.1, -0.05) is 36.2 Å². The van der Waals surface area contributed by atoms with E-state index in [-0.39, 0.29) is 29.7 Å². The van der Waals surface area contributed by atoms with Crippen molar-refractivity contribution < 1.29 is 9.59 Å². The summed E-state index contributed by atoms with van der Waals surface area (Å²) >= 11 is 13.5. The molecule has 2 amide bonds. The first-order chi connectivity index (χ1) is 21.6. The van der Waals surface area contributed by atoms with Crippen LogP contribution in [0.25, 0.3) is 11.0 Å². The van der Waals surface area contributed by atoms with Gasteiger partial charge in [0.1, 0.15) is 11.5 Å². The molecule has 3 aliphatic rings. The monoisotopic (exact) mass is 649 g/mol. The Morgan fingerprint density at radius 1 is 1.02 bits per heavy atom. The topological polar surface area (TPSA) is 128 Å². The molecule has 3 heterocycles. The van der Waals surface area contributed by atoms with Gasteiger partial charge < -0.3 is 20.1 Å². The van der Waals surface area contributed by atoms with Crippen LogP contribution in [0.1, 0.15) is 76.8 Å². The number of carbonyl (C=O) groups is 2. The van der Waals surface area contributed by atoms with Gasteiger partial charge in [-0.05, 0) is 79.2 Å². The molecule has 236 valence electrons.